The number of benzene rings is 1. The average Bonchev–Trinajstić information content (AvgIpc) is 2.87. The molecule has 0 saturated carbocycles. The Morgan fingerprint density at radius 3 is 2.91 bits per heavy atom. The van der Waals surface area contributed by atoms with Crippen LogP contribution >= 0.6 is 0 Å². The molecule has 1 aliphatic heterocycles. The summed E-state index contributed by atoms with van der Waals surface area (Å²) in [5.74, 6) is -0.968. The number of aryl methyl sites for hydroxylation is 1. The van der Waals surface area contributed by atoms with E-state index in [0.29, 0.717) is 12.0 Å². The zero-order valence-corrected chi connectivity index (χ0v) is 12.4. The maximum absolute atomic E-state index is 12.6. The highest BCUT2D eigenvalue weighted by atomic mass is 16.2. The van der Waals surface area contributed by atoms with Crippen LogP contribution in [0.25, 0.3) is 10.9 Å². The Hall–Kier alpha value is -2.70. The Bertz CT molecular complexity index is 780. The summed E-state index contributed by atoms with van der Waals surface area (Å²) in [4.78, 5) is 37.0. The first-order valence-corrected chi connectivity index (χ1v) is 7.00. The van der Waals surface area contributed by atoms with Gasteiger partial charge in [-0.15, -0.1) is 0 Å². The number of nitrogens with one attached hydrogen (secondary N) is 1. The molecule has 1 aliphatic rings. The Morgan fingerprint density at radius 1 is 1.41 bits per heavy atom. The second-order valence-corrected chi connectivity index (χ2v) is 5.42. The van der Waals surface area contributed by atoms with Crippen molar-refractivity contribution in [1.82, 2.24) is 20.0 Å². The van der Waals surface area contributed by atoms with Crippen LogP contribution in [0.2, 0.25) is 0 Å². The summed E-state index contributed by atoms with van der Waals surface area (Å²) in [6.45, 7) is 0. The number of nitrogens with zero attached hydrogens (tertiary/aromatic N) is 3. The predicted octanol–water partition coefficient (Wildman–Crippen LogP) is 0.450. The smallest absolute Gasteiger partial charge is 0.254 e. The van der Waals surface area contributed by atoms with E-state index in [1.165, 1.54) is 4.90 Å². The van der Waals surface area contributed by atoms with Gasteiger partial charge in [0.15, 0.2) is 0 Å². The van der Waals surface area contributed by atoms with Crippen molar-refractivity contribution in [3.05, 3.63) is 30.0 Å². The summed E-state index contributed by atoms with van der Waals surface area (Å²) < 4.78 is 1.69. The van der Waals surface area contributed by atoms with Gasteiger partial charge in [0.2, 0.25) is 11.8 Å². The molecule has 22 heavy (non-hydrogen) atoms. The van der Waals surface area contributed by atoms with E-state index in [0.717, 1.165) is 10.9 Å². The number of piperidine rings is 1. The Labute approximate surface area is 126 Å². The number of likely N-dealkylation sites (N-methyl/N-ethyl adjacent to an activating group) is 1. The summed E-state index contributed by atoms with van der Waals surface area (Å²) in [6.07, 6.45) is 2.32. The summed E-state index contributed by atoms with van der Waals surface area (Å²) in [5.41, 5.74) is 1.34. The summed E-state index contributed by atoms with van der Waals surface area (Å²) in [6, 6.07) is 4.68. The van der Waals surface area contributed by atoms with Crippen LogP contribution in [0.3, 0.4) is 0 Å². The maximum atomic E-state index is 12.6. The first-order valence-electron chi connectivity index (χ1n) is 7.00. The van der Waals surface area contributed by atoms with Gasteiger partial charge in [0, 0.05) is 31.5 Å². The molecule has 0 aliphatic carbocycles. The maximum Gasteiger partial charge on any atom is 0.254 e. The standard InChI is InChI=1S/C15H16N4O3/c1-18(11-5-6-13(20)17-14(11)21)15(22)9-3-4-10-8-16-19(2)12(10)7-9/h3-4,7-8,11H,5-6H2,1-2H3,(H,17,20,21). The lowest BCUT2D eigenvalue weighted by atomic mass is 10.0. The minimum Gasteiger partial charge on any atom is -0.330 e. The highest BCUT2D eigenvalue weighted by Gasteiger charge is 2.32. The number of hydrogen-bond donors (Lipinski definition) is 1. The van der Waals surface area contributed by atoms with Gasteiger partial charge in [0.25, 0.3) is 5.91 Å². The van der Waals surface area contributed by atoms with Crippen molar-refractivity contribution in [2.24, 2.45) is 7.05 Å². The van der Waals surface area contributed by atoms with Crippen LogP contribution in [-0.4, -0.2) is 45.5 Å². The number of carbonyl (C=O) groups excluding carboxylic acids is 3. The molecule has 3 amide bonds. The first-order chi connectivity index (χ1) is 10.5. The van der Waals surface area contributed by atoms with Crippen LogP contribution in [0.5, 0.6) is 0 Å². The van der Waals surface area contributed by atoms with E-state index in [4.69, 9.17) is 0 Å². The molecule has 7 heteroatoms. The minimum atomic E-state index is -0.618. The molecule has 114 valence electrons. The molecular formula is C15H16N4O3. The predicted molar refractivity (Wildman–Crippen MR) is 79.0 cm³/mol. The van der Waals surface area contributed by atoms with Crippen LogP contribution in [-0.2, 0) is 16.6 Å². The monoisotopic (exact) mass is 300 g/mol. The Balaban J connectivity index is 1.86. The van der Waals surface area contributed by atoms with Crippen molar-refractivity contribution in [2.45, 2.75) is 18.9 Å². The fourth-order valence-corrected chi connectivity index (χ4v) is 2.67. The molecule has 1 saturated heterocycles. The van der Waals surface area contributed by atoms with Gasteiger partial charge in [-0.25, -0.2) is 0 Å². The molecule has 3 rings (SSSR count). The first kappa shape index (κ1) is 14.2. The summed E-state index contributed by atoms with van der Waals surface area (Å²) >= 11 is 0. The summed E-state index contributed by atoms with van der Waals surface area (Å²) in [5, 5.41) is 7.35. The van der Waals surface area contributed by atoms with E-state index in [-0.39, 0.29) is 18.2 Å². The van der Waals surface area contributed by atoms with Crippen molar-refractivity contribution in [1.29, 1.82) is 0 Å². The number of rotatable bonds is 2. The molecule has 1 N–H and O–H groups in total. The molecular weight excluding hydrogens is 284 g/mol. The molecule has 1 atom stereocenters. The van der Waals surface area contributed by atoms with E-state index < -0.39 is 11.9 Å². The molecule has 0 bridgehead atoms. The molecule has 0 spiro atoms. The lowest BCUT2D eigenvalue weighted by molar-refractivity contribution is -0.136. The fourth-order valence-electron chi connectivity index (χ4n) is 2.67. The molecule has 1 unspecified atom stereocenters. The quantitative estimate of drug-likeness (QED) is 0.816. The number of hydrogen-bond acceptors (Lipinski definition) is 4. The van der Waals surface area contributed by atoms with Crippen molar-refractivity contribution < 1.29 is 14.4 Å². The van der Waals surface area contributed by atoms with Gasteiger partial charge in [-0.05, 0) is 18.6 Å². The van der Waals surface area contributed by atoms with E-state index in [1.807, 2.05) is 6.07 Å². The zero-order valence-electron chi connectivity index (χ0n) is 12.4. The van der Waals surface area contributed by atoms with E-state index in [1.54, 1.807) is 37.1 Å². The second kappa shape index (κ2) is 5.25. The van der Waals surface area contributed by atoms with Gasteiger partial charge in [-0.2, -0.15) is 5.10 Å². The number of fused-ring (bicyclic) bond motifs is 1. The largest absolute Gasteiger partial charge is 0.330 e. The fraction of sp³-hybridized carbons (Fsp3) is 0.333. The van der Waals surface area contributed by atoms with Gasteiger partial charge in [-0.3, -0.25) is 24.4 Å². The van der Waals surface area contributed by atoms with Crippen molar-refractivity contribution >= 4 is 28.6 Å². The normalized spacial score (nSPS) is 18.4. The number of amides is 3. The molecule has 0 radical (unpaired) electrons. The van der Waals surface area contributed by atoms with Gasteiger partial charge in [0.1, 0.15) is 6.04 Å². The van der Waals surface area contributed by atoms with Crippen LogP contribution < -0.4 is 5.32 Å². The number of carbonyl (C=O) groups is 3. The third-order valence-corrected chi connectivity index (χ3v) is 3.99. The van der Waals surface area contributed by atoms with Gasteiger partial charge in [0.05, 0.1) is 11.7 Å². The van der Waals surface area contributed by atoms with Gasteiger partial charge < -0.3 is 4.90 Å². The third-order valence-electron chi connectivity index (χ3n) is 3.99. The van der Waals surface area contributed by atoms with Crippen LogP contribution in [0.15, 0.2) is 24.4 Å². The lowest BCUT2D eigenvalue weighted by Crippen LogP contribution is -2.52. The minimum absolute atomic E-state index is 0.245. The molecule has 2 heterocycles. The highest BCUT2D eigenvalue weighted by Crippen LogP contribution is 2.18. The van der Waals surface area contributed by atoms with Crippen molar-refractivity contribution in [3.63, 3.8) is 0 Å². The van der Waals surface area contributed by atoms with Gasteiger partial charge in [-0.1, -0.05) is 6.07 Å². The Morgan fingerprint density at radius 2 is 2.18 bits per heavy atom. The van der Waals surface area contributed by atoms with E-state index in [9.17, 15) is 14.4 Å². The van der Waals surface area contributed by atoms with Gasteiger partial charge >= 0.3 is 0 Å². The molecule has 1 aromatic carbocycles. The van der Waals surface area contributed by atoms with E-state index >= 15 is 0 Å². The average molecular weight is 300 g/mol. The SMILES string of the molecule is CN(C(=O)c1ccc2cnn(C)c2c1)C1CCC(=O)NC1=O. The highest BCUT2D eigenvalue weighted by molar-refractivity contribution is 6.04. The third kappa shape index (κ3) is 2.34. The topological polar surface area (TPSA) is 84.3 Å². The molecule has 1 aromatic heterocycles. The lowest BCUT2D eigenvalue weighted by Gasteiger charge is -2.29. The Kier molecular flexibility index (Phi) is 3.40. The zero-order chi connectivity index (χ0) is 15.9. The second-order valence-electron chi connectivity index (χ2n) is 5.42. The van der Waals surface area contributed by atoms with Crippen molar-refractivity contribution in [3.8, 4) is 0 Å². The number of imide groups is 1. The van der Waals surface area contributed by atoms with Crippen LogP contribution in [0.1, 0.15) is 23.2 Å². The molecule has 2 aromatic rings. The van der Waals surface area contributed by atoms with Crippen molar-refractivity contribution in [2.75, 3.05) is 7.05 Å². The molecule has 7 nitrogen and oxygen atoms in total. The molecule has 1 fully saturated rings. The summed E-state index contributed by atoms with van der Waals surface area (Å²) in [7, 11) is 3.39. The van der Waals surface area contributed by atoms with Crippen LogP contribution in [0, 0.1) is 0 Å². The number of aromatic nitrogens is 2. The van der Waals surface area contributed by atoms with Crippen LogP contribution in [0.4, 0.5) is 0 Å². The van der Waals surface area contributed by atoms with E-state index in [2.05, 4.69) is 10.4 Å².